The van der Waals surface area contributed by atoms with Crippen LogP contribution in [0.15, 0.2) is 24.3 Å². The molecule has 0 radical (unpaired) electrons. The third kappa shape index (κ3) is 1.93. The van der Waals surface area contributed by atoms with Gasteiger partial charge in [-0.2, -0.15) is 0 Å². The first kappa shape index (κ1) is 10.7. The third-order valence-corrected chi connectivity index (χ3v) is 3.88. The Kier molecular flexibility index (Phi) is 2.83. The largest absolute Gasteiger partial charge is 0.319 e. The van der Waals surface area contributed by atoms with Crippen LogP contribution in [-0.2, 0) is 11.8 Å². The van der Waals surface area contributed by atoms with Gasteiger partial charge in [0.2, 0.25) is 0 Å². The van der Waals surface area contributed by atoms with Crippen molar-refractivity contribution in [1.29, 1.82) is 0 Å². The first-order valence-corrected chi connectivity index (χ1v) is 5.94. The summed E-state index contributed by atoms with van der Waals surface area (Å²) in [5, 5.41) is 3.28. The van der Waals surface area contributed by atoms with Crippen molar-refractivity contribution in [2.45, 2.75) is 32.1 Å². The van der Waals surface area contributed by atoms with E-state index in [-0.39, 0.29) is 0 Å². The lowest BCUT2D eigenvalue weighted by molar-refractivity contribution is 0.617. The van der Waals surface area contributed by atoms with Gasteiger partial charge in [-0.3, -0.25) is 0 Å². The topological polar surface area (TPSA) is 12.0 Å². The van der Waals surface area contributed by atoms with Crippen molar-refractivity contribution >= 4 is 0 Å². The van der Waals surface area contributed by atoms with Gasteiger partial charge in [-0.25, -0.2) is 0 Å². The molecule has 2 rings (SSSR count). The second-order valence-corrected chi connectivity index (χ2v) is 4.93. The molecule has 2 atom stereocenters. The molecule has 1 fully saturated rings. The van der Waals surface area contributed by atoms with E-state index in [4.69, 9.17) is 0 Å². The van der Waals surface area contributed by atoms with Gasteiger partial charge in [0.05, 0.1) is 0 Å². The maximum atomic E-state index is 3.28. The standard InChI is InChI=1S/C14H21N/c1-4-11-5-7-12(8-6-11)14(2)9-13(14)10-15-3/h5-8,13,15H,4,9-10H2,1-3H3. The summed E-state index contributed by atoms with van der Waals surface area (Å²) in [4.78, 5) is 0. The number of rotatable bonds is 4. The van der Waals surface area contributed by atoms with Gasteiger partial charge in [-0.05, 0) is 48.9 Å². The summed E-state index contributed by atoms with van der Waals surface area (Å²) in [7, 11) is 2.04. The van der Waals surface area contributed by atoms with Crippen LogP contribution >= 0.6 is 0 Å². The van der Waals surface area contributed by atoms with Gasteiger partial charge in [0.1, 0.15) is 0 Å². The lowest BCUT2D eigenvalue weighted by Crippen LogP contribution is -2.15. The van der Waals surface area contributed by atoms with Gasteiger partial charge < -0.3 is 5.32 Å². The molecule has 0 saturated heterocycles. The Hall–Kier alpha value is -0.820. The molecule has 0 bridgehead atoms. The summed E-state index contributed by atoms with van der Waals surface area (Å²) in [6.45, 7) is 5.74. The first-order valence-electron chi connectivity index (χ1n) is 5.94. The van der Waals surface area contributed by atoms with Crippen molar-refractivity contribution in [3.05, 3.63) is 35.4 Å². The second kappa shape index (κ2) is 3.97. The van der Waals surface area contributed by atoms with Crippen molar-refractivity contribution in [2.24, 2.45) is 5.92 Å². The molecule has 0 aliphatic heterocycles. The van der Waals surface area contributed by atoms with E-state index in [2.05, 4.69) is 43.4 Å². The zero-order chi connectivity index (χ0) is 10.9. The van der Waals surface area contributed by atoms with E-state index in [1.807, 2.05) is 7.05 Å². The van der Waals surface area contributed by atoms with Gasteiger partial charge in [0, 0.05) is 0 Å². The zero-order valence-corrected chi connectivity index (χ0v) is 10.0. The van der Waals surface area contributed by atoms with Crippen LogP contribution in [-0.4, -0.2) is 13.6 Å². The lowest BCUT2D eigenvalue weighted by atomic mass is 9.94. The monoisotopic (exact) mass is 203 g/mol. The van der Waals surface area contributed by atoms with Crippen LogP contribution in [0.1, 0.15) is 31.4 Å². The van der Waals surface area contributed by atoms with Crippen LogP contribution in [0, 0.1) is 5.92 Å². The van der Waals surface area contributed by atoms with Crippen molar-refractivity contribution in [2.75, 3.05) is 13.6 Å². The molecule has 1 saturated carbocycles. The van der Waals surface area contributed by atoms with Crippen LogP contribution in [0.5, 0.6) is 0 Å². The fraction of sp³-hybridized carbons (Fsp3) is 0.571. The highest BCUT2D eigenvalue weighted by molar-refractivity contribution is 5.34. The van der Waals surface area contributed by atoms with Crippen molar-refractivity contribution in [1.82, 2.24) is 5.32 Å². The summed E-state index contributed by atoms with van der Waals surface area (Å²) >= 11 is 0. The predicted octanol–water partition coefficient (Wildman–Crippen LogP) is 2.75. The first-order chi connectivity index (χ1) is 7.20. The summed E-state index contributed by atoms with van der Waals surface area (Å²) in [6.07, 6.45) is 2.47. The normalized spacial score (nSPS) is 29.1. The minimum Gasteiger partial charge on any atom is -0.319 e. The number of hydrogen-bond acceptors (Lipinski definition) is 1. The maximum Gasteiger partial charge on any atom is -0.00148 e. The number of benzene rings is 1. The maximum absolute atomic E-state index is 3.28. The Labute approximate surface area is 92.9 Å². The van der Waals surface area contributed by atoms with Crippen LogP contribution in [0.4, 0.5) is 0 Å². The van der Waals surface area contributed by atoms with E-state index in [0.717, 1.165) is 18.9 Å². The number of aryl methyl sites for hydroxylation is 1. The molecule has 0 spiro atoms. The summed E-state index contributed by atoms with van der Waals surface area (Å²) in [6, 6.07) is 9.17. The molecular weight excluding hydrogens is 182 g/mol. The van der Waals surface area contributed by atoms with E-state index >= 15 is 0 Å². The van der Waals surface area contributed by atoms with E-state index in [1.165, 1.54) is 17.5 Å². The number of hydrogen-bond donors (Lipinski definition) is 1. The average molecular weight is 203 g/mol. The summed E-state index contributed by atoms with van der Waals surface area (Å²) in [5.74, 6) is 0.829. The molecule has 15 heavy (non-hydrogen) atoms. The molecule has 0 amide bonds. The Morgan fingerprint density at radius 1 is 1.33 bits per heavy atom. The molecule has 1 aromatic rings. The van der Waals surface area contributed by atoms with E-state index in [1.54, 1.807) is 0 Å². The molecule has 1 heteroatoms. The molecule has 0 aromatic heterocycles. The SMILES string of the molecule is CCc1ccc(C2(C)CC2CNC)cc1. The molecule has 1 aliphatic rings. The van der Waals surface area contributed by atoms with Crippen LogP contribution in [0.2, 0.25) is 0 Å². The fourth-order valence-electron chi connectivity index (χ4n) is 2.47. The van der Waals surface area contributed by atoms with Gasteiger partial charge in [-0.15, -0.1) is 0 Å². The number of nitrogens with one attached hydrogen (secondary N) is 1. The van der Waals surface area contributed by atoms with Gasteiger partial charge >= 0.3 is 0 Å². The van der Waals surface area contributed by atoms with E-state index < -0.39 is 0 Å². The quantitative estimate of drug-likeness (QED) is 0.793. The smallest absolute Gasteiger partial charge is 0.00148 e. The fourth-order valence-corrected chi connectivity index (χ4v) is 2.47. The lowest BCUT2D eigenvalue weighted by Gasteiger charge is -2.12. The average Bonchev–Trinajstić information content (AvgIpc) is 2.92. The Balaban J connectivity index is 2.10. The zero-order valence-electron chi connectivity index (χ0n) is 10.0. The highest BCUT2D eigenvalue weighted by Crippen LogP contribution is 2.53. The summed E-state index contributed by atoms with van der Waals surface area (Å²) in [5.41, 5.74) is 3.39. The Morgan fingerprint density at radius 3 is 2.53 bits per heavy atom. The van der Waals surface area contributed by atoms with E-state index in [0.29, 0.717) is 5.41 Å². The predicted molar refractivity (Wildman–Crippen MR) is 65.2 cm³/mol. The summed E-state index contributed by atoms with van der Waals surface area (Å²) < 4.78 is 0. The molecule has 82 valence electrons. The highest BCUT2D eigenvalue weighted by atomic mass is 14.8. The van der Waals surface area contributed by atoms with Crippen LogP contribution in [0.25, 0.3) is 0 Å². The van der Waals surface area contributed by atoms with E-state index in [9.17, 15) is 0 Å². The Morgan fingerprint density at radius 2 is 2.00 bits per heavy atom. The molecule has 1 aliphatic carbocycles. The minimum atomic E-state index is 0.440. The highest BCUT2D eigenvalue weighted by Gasteiger charge is 2.50. The third-order valence-electron chi connectivity index (χ3n) is 3.88. The van der Waals surface area contributed by atoms with Crippen molar-refractivity contribution in [3.63, 3.8) is 0 Å². The van der Waals surface area contributed by atoms with Crippen molar-refractivity contribution in [3.8, 4) is 0 Å². The van der Waals surface area contributed by atoms with Gasteiger partial charge in [0.15, 0.2) is 0 Å². The molecular formula is C14H21N. The molecule has 2 unspecified atom stereocenters. The molecule has 0 heterocycles. The van der Waals surface area contributed by atoms with Gasteiger partial charge in [-0.1, -0.05) is 38.1 Å². The second-order valence-electron chi connectivity index (χ2n) is 4.93. The minimum absolute atomic E-state index is 0.440. The van der Waals surface area contributed by atoms with Crippen molar-refractivity contribution < 1.29 is 0 Å². The van der Waals surface area contributed by atoms with Crippen LogP contribution < -0.4 is 5.32 Å². The molecule has 1 aromatic carbocycles. The molecule has 1 nitrogen and oxygen atoms in total. The van der Waals surface area contributed by atoms with Crippen LogP contribution in [0.3, 0.4) is 0 Å². The Bertz CT molecular complexity index is 328. The molecule has 1 N–H and O–H groups in total. The van der Waals surface area contributed by atoms with Gasteiger partial charge in [0.25, 0.3) is 0 Å².